The third-order valence-corrected chi connectivity index (χ3v) is 4.11. The number of nitrogens with zero attached hydrogens (tertiary/aromatic N) is 1. The van der Waals surface area contributed by atoms with E-state index in [9.17, 15) is 14.7 Å². The molecule has 0 spiro atoms. The highest BCUT2D eigenvalue weighted by Gasteiger charge is 2.31. The second kappa shape index (κ2) is 6.44. The van der Waals surface area contributed by atoms with Crippen LogP contribution in [0.25, 0.3) is 0 Å². The number of methoxy groups -OCH3 is 1. The lowest BCUT2D eigenvalue weighted by atomic mass is 10.0. The molecule has 2 rings (SSSR count). The maximum absolute atomic E-state index is 12.0. The number of nitrogens with one attached hydrogen (secondary N) is 1. The average molecular weight is 357 g/mol. The number of phenols is 1. The molecule has 21 heavy (non-hydrogen) atoms. The number of likely N-dealkylation sites (N-methyl/N-ethyl adjacent to an activating group) is 1. The highest BCUT2D eigenvalue weighted by atomic mass is 79.9. The van der Waals surface area contributed by atoms with Crippen molar-refractivity contribution in [1.82, 2.24) is 10.2 Å². The van der Waals surface area contributed by atoms with E-state index in [4.69, 9.17) is 4.74 Å². The molecule has 0 radical (unpaired) electrons. The van der Waals surface area contributed by atoms with Gasteiger partial charge in [-0.3, -0.25) is 14.5 Å². The Balaban J connectivity index is 2.05. The van der Waals surface area contributed by atoms with E-state index in [0.29, 0.717) is 29.6 Å². The number of imide groups is 1. The summed E-state index contributed by atoms with van der Waals surface area (Å²) >= 11 is 3.26. The first-order valence-corrected chi connectivity index (χ1v) is 7.32. The number of phenolic OH excluding ortho intramolecular Hbond substituents is 1. The Kier molecular flexibility index (Phi) is 4.84. The predicted molar refractivity (Wildman–Crippen MR) is 80.0 cm³/mol. The van der Waals surface area contributed by atoms with Gasteiger partial charge in [0.1, 0.15) is 0 Å². The molecule has 0 aliphatic carbocycles. The summed E-state index contributed by atoms with van der Waals surface area (Å²) in [6.07, 6.45) is 0.862. The molecule has 1 aromatic carbocycles. The number of benzene rings is 1. The molecule has 2 amide bonds. The minimum atomic E-state index is -0.369. The summed E-state index contributed by atoms with van der Waals surface area (Å²) < 4.78 is 5.61. The molecule has 0 saturated carbocycles. The fraction of sp³-hybridized carbons (Fsp3) is 0.429. The van der Waals surface area contributed by atoms with Gasteiger partial charge >= 0.3 is 0 Å². The van der Waals surface area contributed by atoms with Gasteiger partial charge in [-0.1, -0.05) is 0 Å². The molecule has 1 aromatic rings. The number of rotatable bonds is 4. The molecular weight excluding hydrogens is 340 g/mol. The molecule has 1 fully saturated rings. The van der Waals surface area contributed by atoms with Crippen LogP contribution in [0.2, 0.25) is 0 Å². The van der Waals surface area contributed by atoms with Crippen molar-refractivity contribution >= 4 is 27.7 Å². The first-order chi connectivity index (χ1) is 9.93. The molecular formula is C14H17BrN2O4. The van der Waals surface area contributed by atoms with Crippen LogP contribution in [0.1, 0.15) is 18.4 Å². The molecule has 7 heteroatoms. The van der Waals surface area contributed by atoms with Crippen molar-refractivity contribution in [3.05, 3.63) is 22.2 Å². The number of carbonyl (C=O) groups excluding carboxylic acids is 2. The summed E-state index contributed by atoms with van der Waals surface area (Å²) in [5.74, 6) is 0.0481. The van der Waals surface area contributed by atoms with Crippen LogP contribution in [-0.2, 0) is 16.1 Å². The van der Waals surface area contributed by atoms with Gasteiger partial charge in [0.05, 0.1) is 17.6 Å². The Labute approximate surface area is 131 Å². The van der Waals surface area contributed by atoms with Crippen molar-refractivity contribution in [3.8, 4) is 11.5 Å². The second-order valence-corrected chi connectivity index (χ2v) is 5.75. The van der Waals surface area contributed by atoms with Crippen molar-refractivity contribution < 1.29 is 19.4 Å². The van der Waals surface area contributed by atoms with Crippen LogP contribution in [0.15, 0.2) is 16.6 Å². The number of piperidine rings is 1. The number of likely N-dealkylation sites (tertiary alicyclic amines) is 1. The summed E-state index contributed by atoms with van der Waals surface area (Å²) in [6.45, 7) is 0.438. The minimum Gasteiger partial charge on any atom is -0.503 e. The van der Waals surface area contributed by atoms with Crippen molar-refractivity contribution in [1.29, 1.82) is 0 Å². The van der Waals surface area contributed by atoms with Gasteiger partial charge < -0.3 is 15.2 Å². The molecule has 1 saturated heterocycles. The molecule has 1 aliphatic heterocycles. The highest BCUT2D eigenvalue weighted by Crippen LogP contribution is 2.35. The molecule has 0 aromatic heterocycles. The average Bonchev–Trinajstić information content (AvgIpc) is 2.47. The first-order valence-electron chi connectivity index (χ1n) is 6.53. The molecule has 114 valence electrons. The summed E-state index contributed by atoms with van der Waals surface area (Å²) in [5.41, 5.74) is 0.865. The SMILES string of the molecule is COc1cc(CNC2CCC(=O)N(C)C2=O)cc(Br)c1O. The zero-order valence-corrected chi connectivity index (χ0v) is 13.4. The maximum atomic E-state index is 12.0. The van der Waals surface area contributed by atoms with Crippen molar-refractivity contribution in [2.75, 3.05) is 14.2 Å². The van der Waals surface area contributed by atoms with Crippen molar-refractivity contribution in [2.24, 2.45) is 0 Å². The lowest BCUT2D eigenvalue weighted by Gasteiger charge is -2.28. The van der Waals surface area contributed by atoms with Crippen LogP contribution < -0.4 is 10.1 Å². The fourth-order valence-electron chi connectivity index (χ4n) is 2.23. The van der Waals surface area contributed by atoms with Crippen molar-refractivity contribution in [2.45, 2.75) is 25.4 Å². The summed E-state index contributed by atoms with van der Waals surface area (Å²) in [7, 11) is 2.97. The fourth-order valence-corrected chi connectivity index (χ4v) is 2.72. The van der Waals surface area contributed by atoms with Gasteiger partial charge in [-0.2, -0.15) is 0 Å². The van der Waals surface area contributed by atoms with Crippen LogP contribution >= 0.6 is 15.9 Å². The van der Waals surface area contributed by atoms with Gasteiger partial charge in [-0.05, 0) is 40.0 Å². The third-order valence-electron chi connectivity index (χ3n) is 3.51. The standard InChI is InChI=1S/C14H17BrN2O4/c1-17-12(18)4-3-10(14(17)20)16-7-8-5-9(15)13(19)11(6-8)21-2/h5-6,10,16,19H,3-4,7H2,1-2H3. The monoisotopic (exact) mass is 356 g/mol. The molecule has 0 bridgehead atoms. The molecule has 1 aliphatic rings. The quantitative estimate of drug-likeness (QED) is 0.797. The molecule has 1 atom stereocenters. The third kappa shape index (κ3) is 3.36. The Bertz CT molecular complexity index is 576. The smallest absolute Gasteiger partial charge is 0.246 e. The number of hydrogen-bond donors (Lipinski definition) is 2. The molecule has 1 unspecified atom stereocenters. The van der Waals surface area contributed by atoms with E-state index in [2.05, 4.69) is 21.2 Å². The van der Waals surface area contributed by atoms with Gasteiger partial charge in [-0.15, -0.1) is 0 Å². The normalized spacial score (nSPS) is 19.0. The van der Waals surface area contributed by atoms with Gasteiger partial charge in [0.25, 0.3) is 0 Å². The molecule has 6 nitrogen and oxygen atoms in total. The number of amides is 2. The summed E-state index contributed by atoms with van der Waals surface area (Å²) in [4.78, 5) is 24.5. The van der Waals surface area contributed by atoms with Crippen LogP contribution in [0, 0.1) is 0 Å². The summed E-state index contributed by atoms with van der Waals surface area (Å²) in [6, 6.07) is 3.09. The Morgan fingerprint density at radius 3 is 2.86 bits per heavy atom. The lowest BCUT2D eigenvalue weighted by Crippen LogP contribution is -2.51. The number of aromatic hydroxyl groups is 1. The Morgan fingerprint density at radius 2 is 2.19 bits per heavy atom. The predicted octanol–water partition coefficient (Wildman–Crippen LogP) is 1.40. The zero-order chi connectivity index (χ0) is 15.6. The first kappa shape index (κ1) is 15.8. The second-order valence-electron chi connectivity index (χ2n) is 4.89. The number of halogens is 1. The number of hydrogen-bond acceptors (Lipinski definition) is 5. The number of carbonyl (C=O) groups is 2. The topological polar surface area (TPSA) is 78.9 Å². The molecule has 1 heterocycles. The minimum absolute atomic E-state index is 0.0420. The van der Waals surface area contributed by atoms with E-state index in [1.54, 1.807) is 12.1 Å². The number of ether oxygens (including phenoxy) is 1. The van der Waals surface area contributed by atoms with Gasteiger partial charge in [0, 0.05) is 20.0 Å². The van der Waals surface area contributed by atoms with Crippen LogP contribution in [0.3, 0.4) is 0 Å². The molecule has 2 N–H and O–H groups in total. The van der Waals surface area contributed by atoms with E-state index >= 15 is 0 Å². The largest absolute Gasteiger partial charge is 0.503 e. The zero-order valence-electron chi connectivity index (χ0n) is 11.9. The van der Waals surface area contributed by atoms with Crippen LogP contribution in [0.5, 0.6) is 11.5 Å². The van der Waals surface area contributed by atoms with E-state index in [1.165, 1.54) is 14.2 Å². The Morgan fingerprint density at radius 1 is 1.48 bits per heavy atom. The lowest BCUT2D eigenvalue weighted by molar-refractivity contribution is -0.148. The van der Waals surface area contributed by atoms with Crippen molar-refractivity contribution in [3.63, 3.8) is 0 Å². The Hall–Kier alpha value is -1.60. The highest BCUT2D eigenvalue weighted by molar-refractivity contribution is 9.10. The van der Waals surface area contributed by atoms with Crippen LogP contribution in [-0.4, -0.2) is 42.0 Å². The maximum Gasteiger partial charge on any atom is 0.246 e. The van der Waals surface area contributed by atoms with E-state index < -0.39 is 0 Å². The van der Waals surface area contributed by atoms with Gasteiger partial charge in [0.2, 0.25) is 11.8 Å². The van der Waals surface area contributed by atoms with E-state index in [1.807, 2.05) is 0 Å². The van der Waals surface area contributed by atoms with Gasteiger partial charge in [-0.25, -0.2) is 0 Å². The van der Waals surface area contributed by atoms with Gasteiger partial charge in [0.15, 0.2) is 11.5 Å². The van der Waals surface area contributed by atoms with E-state index in [0.717, 1.165) is 10.5 Å². The van der Waals surface area contributed by atoms with E-state index in [-0.39, 0.29) is 23.6 Å². The van der Waals surface area contributed by atoms with Crippen LogP contribution in [0.4, 0.5) is 0 Å². The summed E-state index contributed by atoms with van der Waals surface area (Å²) in [5, 5.41) is 12.9.